The summed E-state index contributed by atoms with van der Waals surface area (Å²) in [6.45, 7) is 0. The fourth-order valence-electron chi connectivity index (χ4n) is 1.07. The van der Waals surface area contributed by atoms with Crippen molar-refractivity contribution in [3.8, 4) is 11.5 Å². The molecule has 0 spiro atoms. The van der Waals surface area contributed by atoms with Crippen LogP contribution in [0, 0.1) is 10.1 Å². The number of nitrogens with zero attached hydrogens (tertiary/aromatic N) is 1. The first-order valence-electron chi connectivity index (χ1n) is 4.78. The smallest absolute Gasteiger partial charge is 0.406 e. The number of halogens is 6. The summed E-state index contributed by atoms with van der Waals surface area (Å²) in [7, 11) is -6.22. The Hall–Kier alpha value is -2.25. The third-order valence-electron chi connectivity index (χ3n) is 1.84. The quantitative estimate of drug-likeness (QED) is 0.271. The summed E-state index contributed by atoms with van der Waals surface area (Å²) in [6.07, 6.45) is -5.21. The first-order valence-corrected chi connectivity index (χ1v) is 6.19. The van der Waals surface area contributed by atoms with Crippen molar-refractivity contribution >= 4 is 15.8 Å². The molecule has 0 heterocycles. The van der Waals surface area contributed by atoms with Gasteiger partial charge in [-0.2, -0.15) is 21.6 Å². The first-order chi connectivity index (χ1) is 9.73. The van der Waals surface area contributed by atoms with Gasteiger partial charge in [-0.3, -0.25) is 10.1 Å². The fraction of sp³-hybridized carbons (Fsp3) is 0.250. The van der Waals surface area contributed by atoms with Gasteiger partial charge in [0, 0.05) is 0 Å². The second kappa shape index (κ2) is 5.51. The normalized spacial score (nSPS) is 12.8. The lowest BCUT2D eigenvalue weighted by Crippen LogP contribution is -2.28. The minimum atomic E-state index is -6.22. The number of ether oxygens (including phenoxy) is 1. The molecule has 0 aliphatic rings. The summed E-state index contributed by atoms with van der Waals surface area (Å²) in [5, 5.41) is 10.6. The first kappa shape index (κ1) is 17.8. The molecule has 14 heteroatoms. The van der Waals surface area contributed by atoms with E-state index >= 15 is 0 Å². The predicted octanol–water partition coefficient (Wildman–Crippen LogP) is 2.72. The van der Waals surface area contributed by atoms with Crippen molar-refractivity contribution in [1.29, 1.82) is 0 Å². The average Bonchev–Trinajstić information content (AvgIpc) is 2.27. The molecule has 7 nitrogen and oxygen atoms in total. The highest BCUT2D eigenvalue weighted by Gasteiger charge is 2.49. The molecule has 0 aromatic heterocycles. The van der Waals surface area contributed by atoms with Crippen molar-refractivity contribution in [3.05, 3.63) is 28.3 Å². The maximum Gasteiger partial charge on any atom is 0.573 e. The van der Waals surface area contributed by atoms with E-state index in [1.165, 1.54) is 0 Å². The number of rotatable bonds is 4. The molecular formula is C8H3F6NO6S. The lowest BCUT2D eigenvalue weighted by molar-refractivity contribution is -0.385. The van der Waals surface area contributed by atoms with E-state index in [1.807, 2.05) is 0 Å². The molecule has 0 atom stereocenters. The van der Waals surface area contributed by atoms with Crippen LogP contribution < -0.4 is 8.92 Å². The number of nitro benzene ring substituents is 1. The molecule has 0 N–H and O–H groups in total. The van der Waals surface area contributed by atoms with Crippen molar-refractivity contribution in [2.75, 3.05) is 0 Å². The van der Waals surface area contributed by atoms with E-state index in [-0.39, 0.29) is 12.1 Å². The van der Waals surface area contributed by atoms with Gasteiger partial charge in [0.15, 0.2) is 0 Å². The van der Waals surface area contributed by atoms with Gasteiger partial charge >= 0.3 is 27.7 Å². The maximum absolute atomic E-state index is 12.1. The fourth-order valence-corrected chi connectivity index (χ4v) is 1.54. The number of nitro groups is 1. The maximum atomic E-state index is 12.1. The Morgan fingerprint density at radius 3 is 2.05 bits per heavy atom. The third kappa shape index (κ3) is 4.37. The highest BCUT2D eigenvalue weighted by molar-refractivity contribution is 7.88. The molecule has 1 rings (SSSR count). The van der Waals surface area contributed by atoms with E-state index in [0.29, 0.717) is 6.07 Å². The van der Waals surface area contributed by atoms with Crippen LogP contribution in [0.25, 0.3) is 0 Å². The zero-order valence-electron chi connectivity index (χ0n) is 9.80. The van der Waals surface area contributed by atoms with Gasteiger partial charge in [-0.05, 0) is 12.1 Å². The standard InChI is InChI=1S/C8H3F6NO6S/c9-7(10,11)20-4-1-2-6(5(3-4)15(16)17)21-22(18,19)8(12,13)14/h1-3H. The van der Waals surface area contributed by atoms with E-state index in [1.54, 1.807) is 0 Å². The van der Waals surface area contributed by atoms with Crippen LogP contribution in [0.5, 0.6) is 11.5 Å². The predicted molar refractivity (Wildman–Crippen MR) is 55.4 cm³/mol. The Morgan fingerprint density at radius 2 is 1.64 bits per heavy atom. The van der Waals surface area contributed by atoms with E-state index < -0.39 is 44.1 Å². The highest BCUT2D eigenvalue weighted by Crippen LogP contribution is 2.36. The molecule has 0 amide bonds. The molecule has 0 unspecified atom stereocenters. The molecule has 0 saturated heterocycles. The lowest BCUT2D eigenvalue weighted by atomic mass is 10.3. The molecule has 0 bridgehead atoms. The van der Waals surface area contributed by atoms with Crippen molar-refractivity contribution in [1.82, 2.24) is 0 Å². The van der Waals surface area contributed by atoms with Gasteiger partial charge in [0.25, 0.3) is 0 Å². The van der Waals surface area contributed by atoms with Gasteiger partial charge in [-0.15, -0.1) is 13.2 Å². The summed E-state index contributed by atoms with van der Waals surface area (Å²) in [6, 6.07) is 0.638. The van der Waals surface area contributed by atoms with Crippen LogP contribution in [0.4, 0.5) is 32.0 Å². The topological polar surface area (TPSA) is 95.7 Å². The van der Waals surface area contributed by atoms with Crippen LogP contribution in [0.15, 0.2) is 18.2 Å². The molecular weight excluding hydrogens is 352 g/mol. The van der Waals surface area contributed by atoms with E-state index in [2.05, 4.69) is 8.92 Å². The summed E-state index contributed by atoms with van der Waals surface area (Å²) < 4.78 is 100. The molecule has 1 aromatic carbocycles. The average molecular weight is 355 g/mol. The molecule has 0 radical (unpaired) electrons. The SMILES string of the molecule is O=[N+]([O-])c1cc(OC(F)(F)F)ccc1OS(=O)(=O)C(F)(F)F. The Kier molecular flexibility index (Phi) is 4.46. The Balaban J connectivity index is 3.25. The van der Waals surface area contributed by atoms with Crippen LogP contribution in [-0.2, 0) is 10.1 Å². The molecule has 0 aliphatic heterocycles. The Bertz CT molecular complexity index is 681. The number of alkyl halides is 6. The molecule has 0 saturated carbocycles. The lowest BCUT2D eigenvalue weighted by Gasteiger charge is -2.11. The minimum Gasteiger partial charge on any atom is -0.406 e. The van der Waals surface area contributed by atoms with Crippen LogP contribution in [-0.4, -0.2) is 25.2 Å². The summed E-state index contributed by atoms with van der Waals surface area (Å²) in [5.41, 5.74) is -7.34. The number of hydrogen-bond donors (Lipinski definition) is 0. The summed E-state index contributed by atoms with van der Waals surface area (Å²) >= 11 is 0. The van der Waals surface area contributed by atoms with Gasteiger partial charge in [0.1, 0.15) is 5.75 Å². The van der Waals surface area contributed by atoms with E-state index in [4.69, 9.17) is 0 Å². The van der Waals surface area contributed by atoms with Crippen LogP contribution >= 0.6 is 0 Å². The molecule has 1 aromatic rings. The Labute approximate surface area is 117 Å². The highest BCUT2D eigenvalue weighted by atomic mass is 32.2. The minimum absolute atomic E-state index is 0.0642. The monoisotopic (exact) mass is 355 g/mol. The van der Waals surface area contributed by atoms with Gasteiger partial charge in [-0.1, -0.05) is 0 Å². The van der Waals surface area contributed by atoms with Crippen molar-refractivity contribution in [3.63, 3.8) is 0 Å². The zero-order chi connectivity index (χ0) is 17.3. The molecule has 22 heavy (non-hydrogen) atoms. The molecule has 0 aliphatic carbocycles. The second-order valence-corrected chi connectivity index (χ2v) is 4.96. The largest absolute Gasteiger partial charge is 0.573 e. The van der Waals surface area contributed by atoms with Gasteiger partial charge in [0.2, 0.25) is 5.75 Å². The van der Waals surface area contributed by atoms with Gasteiger partial charge in [0.05, 0.1) is 11.0 Å². The van der Waals surface area contributed by atoms with Gasteiger partial charge in [-0.25, -0.2) is 0 Å². The zero-order valence-corrected chi connectivity index (χ0v) is 10.6. The molecule has 0 fully saturated rings. The van der Waals surface area contributed by atoms with Gasteiger partial charge < -0.3 is 8.92 Å². The molecule has 124 valence electrons. The Morgan fingerprint density at radius 1 is 1.09 bits per heavy atom. The van der Waals surface area contributed by atoms with Crippen LogP contribution in [0.3, 0.4) is 0 Å². The summed E-state index contributed by atoms with van der Waals surface area (Å²) in [5.74, 6) is -2.56. The van der Waals surface area contributed by atoms with Crippen molar-refractivity contribution < 1.29 is 48.6 Å². The van der Waals surface area contributed by atoms with Crippen LogP contribution in [0.1, 0.15) is 0 Å². The van der Waals surface area contributed by atoms with Crippen LogP contribution in [0.2, 0.25) is 0 Å². The summed E-state index contributed by atoms with van der Waals surface area (Å²) in [4.78, 5) is 9.15. The van der Waals surface area contributed by atoms with Crippen molar-refractivity contribution in [2.24, 2.45) is 0 Å². The number of hydrogen-bond acceptors (Lipinski definition) is 6. The van der Waals surface area contributed by atoms with Crippen molar-refractivity contribution in [2.45, 2.75) is 11.9 Å². The van der Waals surface area contributed by atoms with E-state index in [0.717, 1.165) is 0 Å². The number of benzene rings is 1. The van der Waals surface area contributed by atoms with E-state index in [9.17, 15) is 44.9 Å². The second-order valence-electron chi connectivity index (χ2n) is 3.42. The third-order valence-corrected chi connectivity index (χ3v) is 2.81.